The molecule has 1 unspecified atom stereocenters. The monoisotopic (exact) mass is 834 g/mol. The summed E-state index contributed by atoms with van der Waals surface area (Å²) in [6.07, 6.45) is 1.50. The fraction of sp³-hybridized carbons (Fsp3) is 0.738. The number of nitrogens with one attached hydrogen (secondary N) is 4. The first kappa shape index (κ1) is 48.8. The zero-order chi connectivity index (χ0) is 43.5. The lowest BCUT2D eigenvalue weighted by molar-refractivity contribution is -0.148. The van der Waals surface area contributed by atoms with Gasteiger partial charge >= 0.3 is 0 Å². The number of nitrogens with zero attached hydrogens (tertiary/aromatic N) is 2. The molecule has 0 aromatic heterocycles. The molecule has 4 N–H and O–H groups in total. The maximum absolute atomic E-state index is 14.3. The van der Waals surface area contributed by atoms with Crippen LogP contribution in [0.2, 0.25) is 0 Å². The van der Waals surface area contributed by atoms with Crippen LogP contribution in [0.25, 0.3) is 0 Å². The first-order valence-electron chi connectivity index (χ1n) is 20.8. The van der Waals surface area contributed by atoms with Crippen molar-refractivity contribution in [2.45, 2.75) is 141 Å². The van der Waals surface area contributed by atoms with Crippen LogP contribution in [0, 0.1) is 23.7 Å². The second kappa shape index (κ2) is 22.1. The number of benzene rings is 1. The van der Waals surface area contributed by atoms with Crippen molar-refractivity contribution >= 4 is 39.6 Å². The minimum atomic E-state index is -3.86. The van der Waals surface area contributed by atoms with Gasteiger partial charge in [-0.1, -0.05) is 85.2 Å². The van der Waals surface area contributed by atoms with Gasteiger partial charge in [0.1, 0.15) is 12.1 Å². The number of hydrogen-bond acceptors (Lipinski definition) is 10. The Labute approximate surface area is 346 Å². The molecule has 5 amide bonds. The largest absolute Gasteiger partial charge is 0.379 e. The molecule has 3 rings (SSSR count). The van der Waals surface area contributed by atoms with E-state index in [0.717, 1.165) is 5.56 Å². The molecular weight excluding hydrogens is 765 g/mol. The van der Waals surface area contributed by atoms with E-state index in [-0.39, 0.29) is 48.3 Å². The summed E-state index contributed by atoms with van der Waals surface area (Å²) in [6, 6.07) is 5.59. The minimum absolute atomic E-state index is 0.00711. The molecule has 1 heterocycles. The number of carbonyl (C=O) groups is 5. The molecule has 0 radical (unpaired) electrons. The van der Waals surface area contributed by atoms with E-state index in [2.05, 4.69) is 20.7 Å². The topological polar surface area (TPSA) is 193 Å². The highest BCUT2D eigenvalue weighted by Gasteiger charge is 2.44. The van der Waals surface area contributed by atoms with Crippen molar-refractivity contribution in [2.75, 3.05) is 34.9 Å². The fourth-order valence-corrected chi connectivity index (χ4v) is 9.43. The molecule has 1 aliphatic carbocycles. The third-order valence-corrected chi connectivity index (χ3v) is 13.7. The van der Waals surface area contributed by atoms with Gasteiger partial charge in [-0.15, -0.1) is 0 Å². The average molecular weight is 835 g/mol. The predicted octanol–water partition coefficient (Wildman–Crippen LogP) is 2.63. The van der Waals surface area contributed by atoms with Crippen molar-refractivity contribution in [1.82, 2.24) is 30.5 Å². The Bertz CT molecular complexity index is 1640. The van der Waals surface area contributed by atoms with Crippen LogP contribution in [0.3, 0.4) is 0 Å². The summed E-state index contributed by atoms with van der Waals surface area (Å²) in [5.41, 5.74) is 0.740. The number of sulfonamides is 1. The Kier molecular flexibility index (Phi) is 18.6. The second-order valence-electron chi connectivity index (χ2n) is 16.8. The van der Waals surface area contributed by atoms with E-state index in [1.54, 1.807) is 55.1 Å². The van der Waals surface area contributed by atoms with Gasteiger partial charge in [0, 0.05) is 34.2 Å². The van der Waals surface area contributed by atoms with Gasteiger partial charge in [-0.2, -0.15) is 0 Å². The van der Waals surface area contributed by atoms with E-state index in [1.165, 1.54) is 14.2 Å². The number of hydrogen-bond donors (Lipinski definition) is 4. The Hall–Kier alpha value is -3.60. The third kappa shape index (κ3) is 12.7. The van der Waals surface area contributed by atoms with Crippen LogP contribution in [0.15, 0.2) is 30.3 Å². The molecule has 1 saturated heterocycles. The van der Waals surface area contributed by atoms with Crippen molar-refractivity contribution in [2.24, 2.45) is 23.7 Å². The molecule has 16 heteroatoms. The van der Waals surface area contributed by atoms with Gasteiger partial charge in [-0.3, -0.25) is 28.7 Å². The van der Waals surface area contributed by atoms with Crippen LogP contribution in [0.1, 0.15) is 92.6 Å². The molecule has 2 aliphatic rings. The lowest BCUT2D eigenvalue weighted by Gasteiger charge is -2.41. The van der Waals surface area contributed by atoms with Crippen LogP contribution >= 0.6 is 0 Å². The van der Waals surface area contributed by atoms with Gasteiger partial charge in [0.2, 0.25) is 33.7 Å². The van der Waals surface area contributed by atoms with Crippen LogP contribution in [0.4, 0.5) is 0 Å². The Morgan fingerprint density at radius 3 is 2.00 bits per heavy atom. The summed E-state index contributed by atoms with van der Waals surface area (Å²) >= 11 is 0. The lowest BCUT2D eigenvalue weighted by Crippen LogP contribution is -2.59. The third-order valence-electron chi connectivity index (χ3n) is 11.9. The van der Waals surface area contributed by atoms with Gasteiger partial charge in [0.15, 0.2) is 0 Å². The second-order valence-corrected chi connectivity index (χ2v) is 18.8. The Balaban J connectivity index is 1.80. The molecular formula is C42H70N6O9S. The molecule has 9 atom stereocenters. The number of likely N-dealkylation sites (tertiary alicyclic amines) is 1. The maximum Gasteiger partial charge on any atom is 0.256 e. The zero-order valence-corrected chi connectivity index (χ0v) is 37.3. The van der Waals surface area contributed by atoms with E-state index in [1.807, 2.05) is 47.6 Å². The normalized spacial score (nSPS) is 20.0. The van der Waals surface area contributed by atoms with Gasteiger partial charge in [0.05, 0.1) is 47.9 Å². The van der Waals surface area contributed by atoms with E-state index in [9.17, 15) is 32.4 Å². The summed E-state index contributed by atoms with van der Waals surface area (Å²) in [7, 11) is 2.56. The van der Waals surface area contributed by atoms with Gasteiger partial charge in [-0.05, 0) is 56.0 Å². The Morgan fingerprint density at radius 1 is 0.862 bits per heavy atom. The predicted molar refractivity (Wildman–Crippen MR) is 223 cm³/mol. The van der Waals surface area contributed by atoms with Crippen molar-refractivity contribution in [3.05, 3.63) is 35.9 Å². The lowest BCUT2D eigenvalue weighted by atomic mass is 9.89. The number of rotatable bonds is 23. The van der Waals surface area contributed by atoms with Crippen LogP contribution in [-0.2, 0) is 49.9 Å². The standard InChI is InChI=1S/C42H70N6O9S/c1-12-27(6)37(47(9)42(53)36(26(4)5)45-41(52)35(43-8)25(2)3)33(56-10)24-34(49)48-22-16-19-32(48)38(57-11)28(7)39(50)44-31(23-29-17-14-13-15-18-29)40(51)46-58(54,55)30-20-21-30/h13-15,17-18,25-28,30-33,35-38,43H,12,16,19-24H2,1-11H3,(H,44,50)(H,45,52)(H,46,51)/t27-,28+,31-,32-,33+,35?,36-,37-,38+/m0/s1. The van der Waals surface area contributed by atoms with Crippen molar-refractivity contribution in [3.8, 4) is 0 Å². The fourth-order valence-electron chi connectivity index (χ4n) is 8.08. The van der Waals surface area contributed by atoms with E-state index in [4.69, 9.17) is 9.47 Å². The average Bonchev–Trinajstić information content (AvgIpc) is 3.95. The molecule has 1 aromatic rings. The van der Waals surface area contributed by atoms with Gasteiger partial charge in [-0.25, -0.2) is 8.42 Å². The van der Waals surface area contributed by atoms with Gasteiger partial charge in [0.25, 0.3) is 5.91 Å². The van der Waals surface area contributed by atoms with E-state index < -0.39 is 75.4 Å². The molecule has 2 fully saturated rings. The number of amides is 5. The number of ether oxygens (including phenoxy) is 2. The highest BCUT2D eigenvalue weighted by atomic mass is 32.2. The molecule has 328 valence electrons. The smallest absolute Gasteiger partial charge is 0.256 e. The SMILES string of the molecule is CC[C@H](C)[C@@H]([C@@H](CC(=O)N1CCC[C@H]1[C@H](OC)[C@@H](C)C(=O)N[C@@H](Cc1ccccc1)C(=O)NS(=O)(=O)C1CC1)OC)N(C)C(=O)[C@@H](NC(=O)C(NC)C(C)C)C(C)C. The first-order chi connectivity index (χ1) is 27.3. The molecule has 0 spiro atoms. The quantitative estimate of drug-likeness (QED) is 0.128. The molecule has 1 saturated carbocycles. The summed E-state index contributed by atoms with van der Waals surface area (Å²) in [5.74, 6) is -3.18. The highest BCUT2D eigenvalue weighted by molar-refractivity contribution is 7.90. The molecule has 0 bridgehead atoms. The van der Waals surface area contributed by atoms with Crippen molar-refractivity contribution < 1.29 is 41.9 Å². The molecule has 1 aliphatic heterocycles. The van der Waals surface area contributed by atoms with Crippen LogP contribution in [0.5, 0.6) is 0 Å². The maximum atomic E-state index is 14.3. The highest BCUT2D eigenvalue weighted by Crippen LogP contribution is 2.30. The number of likely N-dealkylation sites (N-methyl/N-ethyl adjacent to an activating group) is 2. The van der Waals surface area contributed by atoms with E-state index >= 15 is 0 Å². The summed E-state index contributed by atoms with van der Waals surface area (Å²) in [5, 5.41) is 8.18. The van der Waals surface area contributed by atoms with Crippen molar-refractivity contribution in [1.29, 1.82) is 0 Å². The Morgan fingerprint density at radius 2 is 1.48 bits per heavy atom. The summed E-state index contributed by atoms with van der Waals surface area (Å²) in [6.45, 7) is 13.8. The molecule has 58 heavy (non-hydrogen) atoms. The minimum Gasteiger partial charge on any atom is -0.379 e. The zero-order valence-electron chi connectivity index (χ0n) is 36.4. The molecule has 15 nitrogen and oxygen atoms in total. The summed E-state index contributed by atoms with van der Waals surface area (Å²) in [4.78, 5) is 72.3. The first-order valence-corrected chi connectivity index (χ1v) is 22.4. The van der Waals surface area contributed by atoms with Crippen molar-refractivity contribution in [3.63, 3.8) is 0 Å². The van der Waals surface area contributed by atoms with Crippen LogP contribution in [-0.4, -0.2) is 130 Å². The number of carbonyl (C=O) groups excluding carboxylic acids is 5. The van der Waals surface area contributed by atoms with Gasteiger partial charge < -0.3 is 35.2 Å². The summed E-state index contributed by atoms with van der Waals surface area (Å²) < 4.78 is 39.5. The van der Waals surface area contributed by atoms with Crippen LogP contribution < -0.4 is 20.7 Å². The molecule has 1 aromatic carbocycles. The van der Waals surface area contributed by atoms with E-state index in [0.29, 0.717) is 38.6 Å². The number of methoxy groups -OCH3 is 2.